The number of piperidine rings is 1. The van der Waals surface area contributed by atoms with E-state index in [0.29, 0.717) is 12.0 Å². The van der Waals surface area contributed by atoms with Gasteiger partial charge in [0.1, 0.15) is 11.5 Å². The van der Waals surface area contributed by atoms with Crippen molar-refractivity contribution in [2.24, 2.45) is 13.0 Å². The van der Waals surface area contributed by atoms with E-state index in [2.05, 4.69) is 25.7 Å². The molecule has 3 aromatic heterocycles. The minimum absolute atomic E-state index is 0.00183. The van der Waals surface area contributed by atoms with Crippen LogP contribution in [0.15, 0.2) is 30.5 Å². The number of carbonyl (C=O) groups is 1. The summed E-state index contributed by atoms with van der Waals surface area (Å²) in [6, 6.07) is 7.71. The quantitative estimate of drug-likeness (QED) is 0.700. The van der Waals surface area contributed by atoms with Gasteiger partial charge >= 0.3 is 0 Å². The van der Waals surface area contributed by atoms with Crippen LogP contribution in [0.1, 0.15) is 29.0 Å². The topological polar surface area (TPSA) is 79.5 Å². The van der Waals surface area contributed by atoms with E-state index in [4.69, 9.17) is 0 Å². The Labute approximate surface area is 165 Å². The van der Waals surface area contributed by atoms with Crippen LogP contribution in [-0.4, -0.2) is 51.0 Å². The second kappa shape index (κ2) is 6.80. The summed E-state index contributed by atoms with van der Waals surface area (Å²) < 4.78 is 29.1. The van der Waals surface area contributed by atoms with Gasteiger partial charge in [-0.15, -0.1) is 5.10 Å². The summed E-state index contributed by atoms with van der Waals surface area (Å²) in [5.41, 5.74) is 0.593. The Bertz CT molecular complexity index is 1080. The minimum Gasteiger partial charge on any atom is -0.351 e. The number of rotatable bonds is 4. The monoisotopic (exact) mass is 401 g/mol. The fraction of sp³-hybridized carbons (Fsp3) is 0.421. The first-order valence-electron chi connectivity index (χ1n) is 9.59. The predicted octanol–water partition coefficient (Wildman–Crippen LogP) is 2.06. The van der Waals surface area contributed by atoms with Gasteiger partial charge in [-0.25, -0.2) is 13.3 Å². The van der Waals surface area contributed by atoms with E-state index in [9.17, 15) is 13.6 Å². The van der Waals surface area contributed by atoms with Crippen molar-refractivity contribution in [1.82, 2.24) is 24.7 Å². The molecule has 2 atom stereocenters. The number of aromatic nitrogens is 4. The Kier molecular flexibility index (Phi) is 4.23. The van der Waals surface area contributed by atoms with E-state index < -0.39 is 18.0 Å². The lowest BCUT2D eigenvalue weighted by atomic mass is 10.0. The number of amides is 1. The van der Waals surface area contributed by atoms with Crippen LogP contribution >= 0.6 is 0 Å². The molecule has 3 aromatic rings. The highest BCUT2D eigenvalue weighted by atomic mass is 19.3. The molecule has 0 unspecified atom stereocenters. The van der Waals surface area contributed by atoms with E-state index in [1.807, 2.05) is 12.1 Å². The summed E-state index contributed by atoms with van der Waals surface area (Å²) in [6.45, 7) is 2.88. The molecule has 0 saturated carbocycles. The van der Waals surface area contributed by atoms with Gasteiger partial charge in [-0.3, -0.25) is 9.48 Å². The van der Waals surface area contributed by atoms with Gasteiger partial charge in [-0.05, 0) is 43.1 Å². The molecule has 8 nitrogen and oxygen atoms in total. The highest BCUT2D eigenvalue weighted by Crippen LogP contribution is 2.30. The Hall–Kier alpha value is -3.01. The highest BCUT2D eigenvalue weighted by Gasteiger charge is 2.36. The molecule has 2 bridgehead atoms. The third-order valence-electron chi connectivity index (χ3n) is 5.64. The van der Waals surface area contributed by atoms with E-state index in [1.165, 1.54) is 17.9 Å². The van der Waals surface area contributed by atoms with Crippen molar-refractivity contribution in [3.05, 3.63) is 41.9 Å². The molecule has 2 saturated heterocycles. The van der Waals surface area contributed by atoms with E-state index in [-0.39, 0.29) is 11.4 Å². The van der Waals surface area contributed by atoms with Crippen molar-refractivity contribution in [3.63, 3.8) is 0 Å². The zero-order valence-corrected chi connectivity index (χ0v) is 15.8. The number of anilines is 2. The number of halogens is 2. The molecule has 0 spiro atoms. The smallest absolute Gasteiger partial charge is 0.284 e. The Morgan fingerprint density at radius 3 is 2.86 bits per heavy atom. The zero-order valence-electron chi connectivity index (χ0n) is 15.8. The van der Waals surface area contributed by atoms with Crippen LogP contribution in [0.3, 0.4) is 0 Å². The fourth-order valence-electron chi connectivity index (χ4n) is 4.34. The number of hydrogen-bond acceptors (Lipinski definition) is 5. The first-order chi connectivity index (χ1) is 14.0. The molecule has 5 heterocycles. The van der Waals surface area contributed by atoms with Crippen molar-refractivity contribution in [1.29, 1.82) is 0 Å². The van der Waals surface area contributed by atoms with Gasteiger partial charge in [0.15, 0.2) is 5.69 Å². The third-order valence-corrected chi connectivity index (χ3v) is 5.64. The summed E-state index contributed by atoms with van der Waals surface area (Å²) in [5, 5.41) is 14.4. The lowest BCUT2D eigenvalue weighted by molar-refractivity contribution is 0.101. The maximum atomic E-state index is 13.2. The number of nitrogens with one attached hydrogen (secondary N) is 2. The van der Waals surface area contributed by atoms with Crippen LogP contribution < -0.4 is 15.5 Å². The molecule has 5 rings (SSSR count). The standard InChI is InChI=1S/C19H21F2N7O/c1-26-10-14(17(25-26)18(20)21)23-19(29)15-4-2-12-3-5-16(24-28(12)15)27-9-11-6-13(27)8-22-7-11/h2-5,10-11,13,18,22H,6-9H2,1H3,(H,23,29)/t11-,13+/m0/s1. The average Bonchev–Trinajstić information content (AvgIpc) is 3.36. The summed E-state index contributed by atoms with van der Waals surface area (Å²) in [4.78, 5) is 15.1. The highest BCUT2D eigenvalue weighted by molar-refractivity contribution is 6.04. The van der Waals surface area contributed by atoms with Gasteiger partial charge in [-0.1, -0.05) is 0 Å². The van der Waals surface area contributed by atoms with E-state index in [0.717, 1.165) is 37.4 Å². The van der Waals surface area contributed by atoms with Crippen LogP contribution in [0.4, 0.5) is 20.3 Å². The Morgan fingerprint density at radius 2 is 2.07 bits per heavy atom. The molecule has 10 heteroatoms. The van der Waals surface area contributed by atoms with Crippen LogP contribution in [0.2, 0.25) is 0 Å². The molecule has 0 radical (unpaired) electrons. The first kappa shape index (κ1) is 18.0. The molecule has 2 aliphatic heterocycles. The molecule has 0 aliphatic carbocycles. The molecule has 152 valence electrons. The van der Waals surface area contributed by atoms with Gasteiger partial charge in [0, 0.05) is 32.4 Å². The second-order valence-corrected chi connectivity index (χ2v) is 7.67. The van der Waals surface area contributed by atoms with Crippen LogP contribution in [-0.2, 0) is 7.05 Å². The Balaban J connectivity index is 1.45. The molecular formula is C19H21F2N7O. The largest absolute Gasteiger partial charge is 0.351 e. The van der Waals surface area contributed by atoms with Gasteiger partial charge in [-0.2, -0.15) is 5.10 Å². The number of nitrogens with zero attached hydrogens (tertiary/aromatic N) is 5. The van der Waals surface area contributed by atoms with Gasteiger partial charge < -0.3 is 15.5 Å². The van der Waals surface area contributed by atoms with Gasteiger partial charge in [0.25, 0.3) is 12.3 Å². The summed E-state index contributed by atoms with van der Waals surface area (Å²) in [6.07, 6.45) is -0.266. The van der Waals surface area contributed by atoms with Crippen molar-refractivity contribution in [2.45, 2.75) is 18.9 Å². The zero-order chi connectivity index (χ0) is 20.1. The van der Waals surface area contributed by atoms with Crippen LogP contribution in [0, 0.1) is 5.92 Å². The van der Waals surface area contributed by atoms with Crippen molar-refractivity contribution < 1.29 is 13.6 Å². The molecule has 0 aromatic carbocycles. The predicted molar refractivity (Wildman–Crippen MR) is 103 cm³/mol. The number of aryl methyl sites for hydroxylation is 1. The fourth-order valence-corrected chi connectivity index (χ4v) is 4.34. The maximum Gasteiger partial charge on any atom is 0.284 e. The molecule has 29 heavy (non-hydrogen) atoms. The number of carbonyl (C=O) groups excluding carboxylic acids is 1. The maximum absolute atomic E-state index is 13.2. The molecular weight excluding hydrogens is 380 g/mol. The normalized spacial score (nSPS) is 21.3. The third kappa shape index (κ3) is 3.13. The average molecular weight is 401 g/mol. The van der Waals surface area contributed by atoms with Gasteiger partial charge in [0.2, 0.25) is 0 Å². The summed E-state index contributed by atoms with van der Waals surface area (Å²) >= 11 is 0. The SMILES string of the molecule is Cn1cc(NC(=O)c2ccc3ccc(N4C[C@@H]5CNC[C@H]4C5)nn23)c(C(F)F)n1. The molecule has 1 amide bonds. The summed E-state index contributed by atoms with van der Waals surface area (Å²) in [5.74, 6) is 0.914. The van der Waals surface area contributed by atoms with Crippen molar-refractivity contribution in [3.8, 4) is 0 Å². The number of hydrogen-bond donors (Lipinski definition) is 2. The first-order valence-corrected chi connectivity index (χ1v) is 9.59. The van der Waals surface area contributed by atoms with Crippen molar-refractivity contribution >= 4 is 22.9 Å². The molecule has 2 aliphatic rings. The number of alkyl halides is 2. The lowest BCUT2D eigenvalue weighted by Crippen LogP contribution is -2.39. The van der Waals surface area contributed by atoms with Crippen LogP contribution in [0.5, 0.6) is 0 Å². The van der Waals surface area contributed by atoms with Crippen LogP contribution in [0.25, 0.3) is 5.52 Å². The minimum atomic E-state index is -2.77. The molecule has 2 fully saturated rings. The van der Waals surface area contributed by atoms with Crippen molar-refractivity contribution in [2.75, 3.05) is 29.9 Å². The molecule has 2 N–H and O–H groups in total. The Morgan fingerprint density at radius 1 is 1.24 bits per heavy atom. The number of fused-ring (bicyclic) bond motifs is 3. The second-order valence-electron chi connectivity index (χ2n) is 7.67. The van der Waals surface area contributed by atoms with Gasteiger partial charge in [0.05, 0.1) is 11.2 Å². The van der Waals surface area contributed by atoms with E-state index in [1.54, 1.807) is 16.6 Å². The van der Waals surface area contributed by atoms with E-state index >= 15 is 0 Å². The summed E-state index contributed by atoms with van der Waals surface area (Å²) in [7, 11) is 1.53. The lowest BCUT2D eigenvalue weighted by Gasteiger charge is -2.25.